The zero-order chi connectivity index (χ0) is 20.9. The number of benzene rings is 1. The minimum Gasteiger partial charge on any atom is -0.371 e. The molecule has 0 bridgehead atoms. The SMILES string of the molecule is Cn1cnc2c(C(=O)N3C[C@@H]4OCC(n5cnc6ccccc65)CO[C@H]4C3)ccnc21. The lowest BCUT2D eigenvalue weighted by Crippen LogP contribution is -2.31. The van der Waals surface area contributed by atoms with Gasteiger partial charge in [0, 0.05) is 26.3 Å². The summed E-state index contributed by atoms with van der Waals surface area (Å²) in [5.41, 5.74) is 3.91. The summed E-state index contributed by atoms with van der Waals surface area (Å²) in [4.78, 5) is 28.2. The van der Waals surface area contributed by atoms with E-state index in [1.54, 1.807) is 23.5 Å². The van der Waals surface area contributed by atoms with Crippen LogP contribution in [0.25, 0.3) is 22.2 Å². The van der Waals surface area contributed by atoms with Gasteiger partial charge in [0.15, 0.2) is 5.65 Å². The zero-order valence-corrected chi connectivity index (χ0v) is 17.1. The summed E-state index contributed by atoms with van der Waals surface area (Å²) in [6, 6.07) is 9.83. The highest BCUT2D eigenvalue weighted by atomic mass is 16.6. The lowest BCUT2D eigenvalue weighted by Gasteiger charge is -2.20. The molecule has 0 N–H and O–H groups in total. The number of aryl methyl sites for hydroxylation is 1. The summed E-state index contributed by atoms with van der Waals surface area (Å²) in [5, 5.41) is 0. The van der Waals surface area contributed by atoms with Crippen molar-refractivity contribution in [3.63, 3.8) is 0 Å². The van der Waals surface area contributed by atoms with E-state index in [1.807, 2.05) is 36.1 Å². The number of amides is 1. The zero-order valence-electron chi connectivity index (χ0n) is 17.1. The van der Waals surface area contributed by atoms with Gasteiger partial charge in [-0.25, -0.2) is 15.0 Å². The molecule has 0 spiro atoms. The van der Waals surface area contributed by atoms with Crippen molar-refractivity contribution in [2.75, 3.05) is 26.3 Å². The van der Waals surface area contributed by atoms with Crippen LogP contribution in [-0.2, 0) is 16.5 Å². The van der Waals surface area contributed by atoms with Gasteiger partial charge in [0.25, 0.3) is 5.91 Å². The Morgan fingerprint density at radius 2 is 1.77 bits per heavy atom. The van der Waals surface area contributed by atoms with Crippen LogP contribution in [0.3, 0.4) is 0 Å². The first-order valence-corrected chi connectivity index (χ1v) is 10.4. The van der Waals surface area contributed by atoms with Gasteiger partial charge in [-0.2, -0.15) is 0 Å². The summed E-state index contributed by atoms with van der Waals surface area (Å²) in [6.07, 6.45) is 4.88. The molecule has 0 saturated carbocycles. The van der Waals surface area contributed by atoms with Crippen molar-refractivity contribution in [2.45, 2.75) is 18.2 Å². The van der Waals surface area contributed by atoms with E-state index in [0.29, 0.717) is 43.0 Å². The van der Waals surface area contributed by atoms with E-state index in [-0.39, 0.29) is 24.2 Å². The summed E-state index contributed by atoms with van der Waals surface area (Å²) in [5.74, 6) is -0.0662. The quantitative estimate of drug-likeness (QED) is 0.493. The molecule has 158 valence electrons. The Bertz CT molecular complexity index is 1260. The number of carbonyl (C=O) groups excluding carboxylic acids is 1. The van der Waals surface area contributed by atoms with Gasteiger partial charge in [0.1, 0.15) is 17.7 Å². The molecule has 2 atom stereocenters. The standard InChI is InChI=1S/C22H22N6O3/c1-26-12-25-20-15(6-7-23-21(20)26)22(29)27-8-18-19(9-27)31-11-14(10-30-18)28-13-24-16-4-2-3-5-17(16)28/h2-7,12-14,18-19H,8-11H2,1H3/t18-,19-/m0/s1. The molecule has 2 fully saturated rings. The number of para-hydroxylation sites is 2. The van der Waals surface area contributed by atoms with E-state index in [2.05, 4.69) is 25.6 Å². The van der Waals surface area contributed by atoms with Crippen LogP contribution in [0.2, 0.25) is 0 Å². The van der Waals surface area contributed by atoms with Crippen LogP contribution in [0, 0.1) is 0 Å². The van der Waals surface area contributed by atoms with Gasteiger partial charge in [-0.05, 0) is 18.2 Å². The van der Waals surface area contributed by atoms with E-state index >= 15 is 0 Å². The van der Waals surface area contributed by atoms with Crippen molar-refractivity contribution in [2.24, 2.45) is 7.05 Å². The van der Waals surface area contributed by atoms with Crippen LogP contribution in [0.4, 0.5) is 0 Å². The number of imidazole rings is 2. The number of pyridine rings is 1. The number of nitrogens with zero attached hydrogens (tertiary/aromatic N) is 6. The fourth-order valence-electron chi connectivity index (χ4n) is 4.55. The maximum Gasteiger partial charge on any atom is 0.256 e. The van der Waals surface area contributed by atoms with E-state index in [9.17, 15) is 4.79 Å². The average molecular weight is 418 g/mol. The molecule has 0 radical (unpaired) electrons. The summed E-state index contributed by atoms with van der Waals surface area (Å²) in [7, 11) is 1.87. The molecule has 2 aliphatic heterocycles. The van der Waals surface area contributed by atoms with Crippen molar-refractivity contribution in [1.29, 1.82) is 0 Å². The molecule has 6 rings (SSSR count). The van der Waals surface area contributed by atoms with Crippen molar-refractivity contribution >= 4 is 28.1 Å². The highest BCUT2D eigenvalue weighted by Gasteiger charge is 2.40. The maximum absolute atomic E-state index is 13.2. The molecule has 9 heteroatoms. The van der Waals surface area contributed by atoms with E-state index < -0.39 is 0 Å². The fourth-order valence-corrected chi connectivity index (χ4v) is 4.55. The van der Waals surface area contributed by atoms with Gasteiger partial charge in [-0.15, -0.1) is 0 Å². The predicted molar refractivity (Wildman–Crippen MR) is 113 cm³/mol. The molecule has 4 aromatic rings. The normalized spacial score (nSPS) is 22.2. The van der Waals surface area contributed by atoms with Crippen LogP contribution in [-0.4, -0.2) is 73.4 Å². The van der Waals surface area contributed by atoms with Crippen LogP contribution in [0.1, 0.15) is 16.4 Å². The second-order valence-electron chi connectivity index (χ2n) is 8.13. The Kier molecular flexibility index (Phi) is 4.25. The van der Waals surface area contributed by atoms with Gasteiger partial charge in [-0.3, -0.25) is 4.79 Å². The Hall–Kier alpha value is -3.30. The van der Waals surface area contributed by atoms with Crippen LogP contribution < -0.4 is 0 Å². The largest absolute Gasteiger partial charge is 0.371 e. The fraction of sp³-hybridized carbons (Fsp3) is 0.364. The Morgan fingerprint density at radius 3 is 2.58 bits per heavy atom. The second kappa shape index (κ2) is 7.14. The summed E-state index contributed by atoms with van der Waals surface area (Å²) >= 11 is 0. The molecular formula is C22H22N6O3. The minimum absolute atomic E-state index is 0.0514. The van der Waals surface area contributed by atoms with Crippen LogP contribution >= 0.6 is 0 Å². The number of fused-ring (bicyclic) bond motifs is 3. The first kappa shape index (κ1) is 18.5. The molecule has 2 aliphatic rings. The predicted octanol–water partition coefficient (Wildman–Crippen LogP) is 1.80. The van der Waals surface area contributed by atoms with Crippen LogP contribution in [0.15, 0.2) is 49.2 Å². The molecule has 1 aromatic carbocycles. The van der Waals surface area contributed by atoms with Gasteiger partial charge >= 0.3 is 0 Å². The lowest BCUT2D eigenvalue weighted by atomic mass is 10.2. The molecule has 5 heterocycles. The van der Waals surface area contributed by atoms with E-state index in [1.165, 1.54) is 0 Å². The third kappa shape index (κ3) is 3.00. The van der Waals surface area contributed by atoms with Crippen molar-refractivity contribution < 1.29 is 14.3 Å². The van der Waals surface area contributed by atoms with E-state index in [4.69, 9.17) is 9.47 Å². The number of hydrogen-bond donors (Lipinski definition) is 0. The van der Waals surface area contributed by atoms with Gasteiger partial charge in [-0.1, -0.05) is 12.1 Å². The number of ether oxygens (including phenoxy) is 2. The summed E-state index contributed by atoms with van der Waals surface area (Å²) < 4.78 is 16.4. The maximum atomic E-state index is 13.2. The third-order valence-corrected chi connectivity index (χ3v) is 6.21. The van der Waals surface area contributed by atoms with Crippen molar-refractivity contribution in [3.8, 4) is 0 Å². The lowest BCUT2D eigenvalue weighted by molar-refractivity contribution is -0.00461. The van der Waals surface area contributed by atoms with Gasteiger partial charge < -0.3 is 23.5 Å². The van der Waals surface area contributed by atoms with Crippen LogP contribution in [0.5, 0.6) is 0 Å². The van der Waals surface area contributed by atoms with Crippen molar-refractivity contribution in [3.05, 3.63) is 54.7 Å². The second-order valence-corrected chi connectivity index (χ2v) is 8.13. The smallest absolute Gasteiger partial charge is 0.256 e. The molecule has 3 aromatic heterocycles. The first-order chi connectivity index (χ1) is 15.2. The molecule has 1 amide bonds. The van der Waals surface area contributed by atoms with Gasteiger partial charge in [0.2, 0.25) is 0 Å². The highest BCUT2D eigenvalue weighted by Crippen LogP contribution is 2.27. The summed E-state index contributed by atoms with van der Waals surface area (Å²) in [6.45, 7) is 2.03. The molecular weight excluding hydrogens is 396 g/mol. The van der Waals surface area contributed by atoms with E-state index in [0.717, 1.165) is 11.0 Å². The number of carbonyl (C=O) groups is 1. The molecule has 0 aliphatic carbocycles. The number of hydrogen-bond acceptors (Lipinski definition) is 6. The molecule has 2 saturated heterocycles. The van der Waals surface area contributed by atoms with Gasteiger partial charge in [0.05, 0.1) is 48.5 Å². The molecule has 9 nitrogen and oxygen atoms in total. The third-order valence-electron chi connectivity index (χ3n) is 6.21. The number of aromatic nitrogens is 5. The number of likely N-dealkylation sites (tertiary alicyclic amines) is 1. The monoisotopic (exact) mass is 418 g/mol. The Labute approximate surface area is 178 Å². The molecule has 31 heavy (non-hydrogen) atoms. The molecule has 0 unspecified atom stereocenters. The number of rotatable bonds is 2. The average Bonchev–Trinajstić information content (AvgIpc) is 3.48. The Balaban J connectivity index is 1.19. The Morgan fingerprint density at radius 1 is 1.00 bits per heavy atom. The minimum atomic E-state index is -0.148. The highest BCUT2D eigenvalue weighted by molar-refractivity contribution is 6.04. The first-order valence-electron chi connectivity index (χ1n) is 10.4. The van der Waals surface area contributed by atoms with Crippen molar-refractivity contribution in [1.82, 2.24) is 29.0 Å². The topological polar surface area (TPSA) is 87.3 Å².